The van der Waals surface area contributed by atoms with Gasteiger partial charge in [-0.1, -0.05) is 25.5 Å². The van der Waals surface area contributed by atoms with E-state index in [-0.39, 0.29) is 16.9 Å². The number of hydrogen-bond donors (Lipinski definition) is 1. The van der Waals surface area contributed by atoms with Crippen LogP contribution in [0.2, 0.25) is 0 Å². The molecule has 3 fully saturated rings. The summed E-state index contributed by atoms with van der Waals surface area (Å²) in [5.74, 6) is 2.06. The lowest BCUT2D eigenvalue weighted by Crippen LogP contribution is -2.50. The van der Waals surface area contributed by atoms with Crippen LogP contribution >= 0.6 is 0 Å². The highest BCUT2D eigenvalue weighted by Gasteiger charge is 2.59. The standard InChI is InChI=1S/C26H36N2O2/c1-5-28-15-18(16(2)27-28)12-17-13-23-21-7-6-19-14-20(29)8-10-25(19,3)22(21)9-11-26(23,4)24(17)30/h6,12,15,20-23,29H,5,7-11,13-14H2,1-4H3/b17-12+/t20-,21+,22-,23-,25+,26+/m1/s1. The molecular formula is C26H36N2O2. The van der Waals surface area contributed by atoms with Crippen molar-refractivity contribution in [1.82, 2.24) is 9.78 Å². The van der Waals surface area contributed by atoms with Crippen molar-refractivity contribution in [2.45, 2.75) is 85.3 Å². The molecule has 0 bridgehead atoms. The molecule has 162 valence electrons. The third-order valence-corrected chi connectivity index (χ3v) is 9.36. The molecule has 0 aliphatic heterocycles. The highest BCUT2D eigenvalue weighted by atomic mass is 16.3. The molecule has 3 saturated carbocycles. The van der Waals surface area contributed by atoms with E-state index in [2.05, 4.69) is 44.2 Å². The summed E-state index contributed by atoms with van der Waals surface area (Å²) >= 11 is 0. The number of carbonyl (C=O) groups is 1. The van der Waals surface area contributed by atoms with Crippen molar-refractivity contribution in [3.8, 4) is 0 Å². The Balaban J connectivity index is 1.48. The Bertz CT molecular complexity index is 941. The number of aliphatic hydroxyl groups is 1. The van der Waals surface area contributed by atoms with Gasteiger partial charge in [0.1, 0.15) is 0 Å². The second kappa shape index (κ2) is 6.91. The summed E-state index contributed by atoms with van der Waals surface area (Å²) in [7, 11) is 0. The number of nitrogens with zero attached hydrogens (tertiary/aromatic N) is 2. The average molecular weight is 409 g/mol. The summed E-state index contributed by atoms with van der Waals surface area (Å²) in [6.07, 6.45) is 13.5. The Morgan fingerprint density at radius 3 is 2.70 bits per heavy atom. The third kappa shape index (κ3) is 2.82. The minimum absolute atomic E-state index is 0.162. The van der Waals surface area contributed by atoms with Crippen LogP contribution in [0.4, 0.5) is 0 Å². The molecule has 30 heavy (non-hydrogen) atoms. The smallest absolute Gasteiger partial charge is 0.165 e. The van der Waals surface area contributed by atoms with E-state index in [1.54, 1.807) is 0 Å². The summed E-state index contributed by atoms with van der Waals surface area (Å²) in [5, 5.41) is 14.8. The van der Waals surface area contributed by atoms with Gasteiger partial charge in [0, 0.05) is 23.7 Å². The van der Waals surface area contributed by atoms with Crippen LogP contribution in [0.3, 0.4) is 0 Å². The quantitative estimate of drug-likeness (QED) is 0.547. The normalized spacial score (nSPS) is 42.0. The number of ketones is 1. The van der Waals surface area contributed by atoms with Gasteiger partial charge >= 0.3 is 0 Å². The summed E-state index contributed by atoms with van der Waals surface area (Å²) in [4.78, 5) is 13.6. The Morgan fingerprint density at radius 1 is 1.20 bits per heavy atom. The molecule has 1 heterocycles. The molecule has 0 spiro atoms. The maximum absolute atomic E-state index is 13.6. The average Bonchev–Trinajstić information content (AvgIpc) is 3.20. The van der Waals surface area contributed by atoms with Gasteiger partial charge in [-0.05, 0) is 93.6 Å². The number of fused-ring (bicyclic) bond motifs is 5. The Hall–Kier alpha value is -1.68. The van der Waals surface area contributed by atoms with Crippen LogP contribution in [0, 0.1) is 35.5 Å². The molecule has 6 atom stereocenters. The highest BCUT2D eigenvalue weighted by Crippen LogP contribution is 2.64. The van der Waals surface area contributed by atoms with Crippen LogP contribution in [-0.2, 0) is 11.3 Å². The molecule has 1 aromatic heterocycles. The number of aliphatic hydroxyl groups excluding tert-OH is 1. The van der Waals surface area contributed by atoms with Gasteiger partial charge in [0.05, 0.1) is 11.8 Å². The predicted octanol–water partition coefficient (Wildman–Crippen LogP) is 5.10. The van der Waals surface area contributed by atoms with Crippen LogP contribution in [0.25, 0.3) is 6.08 Å². The molecule has 5 rings (SSSR count). The monoisotopic (exact) mass is 408 g/mol. The Labute approximate surface area is 180 Å². The second-order valence-electron chi connectivity index (χ2n) is 10.8. The number of Topliss-reactive ketones (excluding diaryl/α,β-unsaturated/α-hetero) is 1. The minimum atomic E-state index is -0.211. The van der Waals surface area contributed by atoms with Crippen molar-refractivity contribution in [3.05, 3.63) is 34.7 Å². The lowest BCUT2D eigenvalue weighted by molar-refractivity contribution is -0.130. The first-order chi connectivity index (χ1) is 14.3. The maximum Gasteiger partial charge on any atom is 0.165 e. The lowest BCUT2D eigenvalue weighted by atomic mass is 9.48. The van der Waals surface area contributed by atoms with Crippen LogP contribution in [0.15, 0.2) is 23.4 Å². The molecular weight excluding hydrogens is 372 g/mol. The molecule has 4 nitrogen and oxygen atoms in total. The fourth-order valence-corrected chi connectivity index (χ4v) is 7.47. The van der Waals surface area contributed by atoms with Crippen molar-refractivity contribution >= 4 is 11.9 Å². The fourth-order valence-electron chi connectivity index (χ4n) is 7.47. The highest BCUT2D eigenvalue weighted by molar-refractivity contribution is 6.06. The van der Waals surface area contributed by atoms with Crippen LogP contribution in [0.5, 0.6) is 0 Å². The first-order valence-corrected chi connectivity index (χ1v) is 11.9. The van der Waals surface area contributed by atoms with Gasteiger partial charge in [0.2, 0.25) is 0 Å². The number of carbonyl (C=O) groups excluding carboxylic acids is 1. The Morgan fingerprint density at radius 2 is 1.97 bits per heavy atom. The molecule has 0 aromatic carbocycles. The minimum Gasteiger partial charge on any atom is -0.393 e. The van der Waals surface area contributed by atoms with E-state index in [4.69, 9.17) is 0 Å². The topological polar surface area (TPSA) is 55.1 Å². The summed E-state index contributed by atoms with van der Waals surface area (Å²) in [5.41, 5.74) is 4.62. The summed E-state index contributed by atoms with van der Waals surface area (Å²) < 4.78 is 1.96. The molecule has 0 saturated heterocycles. The molecule has 0 radical (unpaired) electrons. The number of aryl methyl sites for hydroxylation is 2. The van der Waals surface area contributed by atoms with E-state index >= 15 is 0 Å². The van der Waals surface area contributed by atoms with Gasteiger partial charge in [-0.3, -0.25) is 9.48 Å². The second-order valence-corrected chi connectivity index (χ2v) is 10.8. The van der Waals surface area contributed by atoms with Crippen molar-refractivity contribution in [1.29, 1.82) is 0 Å². The zero-order valence-electron chi connectivity index (χ0n) is 18.9. The van der Waals surface area contributed by atoms with Gasteiger partial charge in [0.15, 0.2) is 5.78 Å². The number of allylic oxidation sites excluding steroid dienone is 2. The fraction of sp³-hybridized carbons (Fsp3) is 0.692. The van der Waals surface area contributed by atoms with Gasteiger partial charge in [-0.15, -0.1) is 0 Å². The zero-order valence-corrected chi connectivity index (χ0v) is 18.9. The van der Waals surface area contributed by atoms with E-state index in [9.17, 15) is 9.90 Å². The van der Waals surface area contributed by atoms with E-state index in [1.165, 1.54) is 5.57 Å². The maximum atomic E-state index is 13.6. The van der Waals surface area contributed by atoms with Gasteiger partial charge in [-0.2, -0.15) is 5.10 Å². The van der Waals surface area contributed by atoms with Crippen LogP contribution in [-0.4, -0.2) is 26.8 Å². The molecule has 4 aliphatic carbocycles. The van der Waals surface area contributed by atoms with E-state index < -0.39 is 0 Å². The summed E-state index contributed by atoms with van der Waals surface area (Å²) in [6, 6.07) is 0. The number of rotatable bonds is 2. The van der Waals surface area contributed by atoms with Gasteiger partial charge in [-0.25, -0.2) is 0 Å². The predicted molar refractivity (Wildman–Crippen MR) is 119 cm³/mol. The molecule has 0 unspecified atom stereocenters. The zero-order chi connectivity index (χ0) is 21.3. The molecule has 4 aliphatic rings. The van der Waals surface area contributed by atoms with E-state index in [1.807, 2.05) is 11.6 Å². The van der Waals surface area contributed by atoms with Crippen molar-refractivity contribution in [3.63, 3.8) is 0 Å². The number of hydrogen-bond acceptors (Lipinski definition) is 3. The Kier molecular flexibility index (Phi) is 4.66. The molecule has 4 heteroatoms. The molecule has 1 aromatic rings. The van der Waals surface area contributed by atoms with Gasteiger partial charge in [0.25, 0.3) is 0 Å². The van der Waals surface area contributed by atoms with Crippen molar-refractivity contribution in [2.24, 2.45) is 28.6 Å². The summed E-state index contributed by atoms with van der Waals surface area (Å²) in [6.45, 7) is 9.67. The van der Waals surface area contributed by atoms with E-state index in [0.29, 0.717) is 23.5 Å². The van der Waals surface area contributed by atoms with Gasteiger partial charge < -0.3 is 5.11 Å². The first-order valence-electron chi connectivity index (χ1n) is 11.9. The van der Waals surface area contributed by atoms with E-state index in [0.717, 1.165) is 68.3 Å². The largest absolute Gasteiger partial charge is 0.393 e. The molecule has 1 N–H and O–H groups in total. The van der Waals surface area contributed by atoms with Crippen LogP contribution in [0.1, 0.15) is 77.0 Å². The van der Waals surface area contributed by atoms with Crippen LogP contribution < -0.4 is 0 Å². The van der Waals surface area contributed by atoms with Crippen molar-refractivity contribution < 1.29 is 9.90 Å². The first kappa shape index (κ1) is 20.2. The number of aromatic nitrogens is 2. The molecule has 0 amide bonds. The lowest BCUT2D eigenvalue weighted by Gasteiger charge is -2.56. The third-order valence-electron chi connectivity index (χ3n) is 9.36. The van der Waals surface area contributed by atoms with Crippen molar-refractivity contribution in [2.75, 3.05) is 0 Å². The SMILES string of the molecule is CCn1cc(/C=C2\C[C@@H]3[C@H]4CC=C5C[C@H](O)CC[C@]5(C)[C@@H]4CC[C@]3(C)C2=O)c(C)n1.